The average Bonchev–Trinajstić information content (AvgIpc) is 2.28. The van der Waals surface area contributed by atoms with Crippen molar-refractivity contribution in [1.29, 1.82) is 5.26 Å². The quantitative estimate of drug-likeness (QED) is 0.622. The first kappa shape index (κ1) is 12.4. The van der Waals surface area contributed by atoms with Crippen LogP contribution in [0.4, 0.5) is 5.69 Å². The van der Waals surface area contributed by atoms with Crippen LogP contribution in [0.3, 0.4) is 0 Å². The molecule has 0 radical (unpaired) electrons. The molecule has 0 aliphatic carbocycles. The molecule has 0 saturated carbocycles. The molecule has 1 amide bonds. The number of nitrogens with zero attached hydrogens (tertiary/aromatic N) is 2. The molecule has 17 heavy (non-hydrogen) atoms. The molecule has 6 heteroatoms. The Balaban J connectivity index is 3.02. The van der Waals surface area contributed by atoms with Crippen molar-refractivity contribution in [2.45, 2.75) is 6.42 Å². The number of nitro benzene ring substituents is 1. The van der Waals surface area contributed by atoms with E-state index in [0.29, 0.717) is 5.56 Å². The van der Waals surface area contributed by atoms with Crippen LogP contribution in [-0.4, -0.2) is 10.8 Å². The Hall–Kier alpha value is -2.68. The van der Waals surface area contributed by atoms with Crippen molar-refractivity contribution in [2.75, 3.05) is 0 Å². The minimum absolute atomic E-state index is 0.0574. The number of amides is 1. The molecule has 0 bridgehead atoms. The van der Waals surface area contributed by atoms with Gasteiger partial charge in [-0.25, -0.2) is 0 Å². The minimum Gasteiger partial charge on any atom is -0.369 e. The Morgan fingerprint density at radius 1 is 1.59 bits per heavy atom. The Morgan fingerprint density at radius 2 is 2.29 bits per heavy atom. The fourth-order valence-electron chi connectivity index (χ4n) is 1.20. The van der Waals surface area contributed by atoms with E-state index in [1.54, 1.807) is 0 Å². The maximum absolute atomic E-state index is 10.5. The highest BCUT2D eigenvalue weighted by Crippen LogP contribution is 2.18. The molecule has 0 atom stereocenters. The van der Waals surface area contributed by atoms with Gasteiger partial charge in [0.25, 0.3) is 5.69 Å². The fourth-order valence-corrected chi connectivity index (χ4v) is 1.20. The van der Waals surface area contributed by atoms with Gasteiger partial charge < -0.3 is 5.73 Å². The molecule has 0 unspecified atom stereocenters. The van der Waals surface area contributed by atoms with E-state index in [4.69, 9.17) is 11.0 Å². The third kappa shape index (κ3) is 3.43. The number of nitro groups is 1. The minimum atomic E-state index is -0.572. The Bertz CT molecular complexity index is 529. The first-order valence-electron chi connectivity index (χ1n) is 4.68. The molecule has 0 saturated heterocycles. The Labute approximate surface area is 97.1 Å². The van der Waals surface area contributed by atoms with Gasteiger partial charge >= 0.3 is 0 Å². The molecule has 0 aromatic heterocycles. The van der Waals surface area contributed by atoms with Crippen molar-refractivity contribution >= 4 is 17.7 Å². The van der Waals surface area contributed by atoms with Gasteiger partial charge in [0.05, 0.1) is 10.5 Å². The first-order chi connectivity index (χ1) is 8.04. The average molecular weight is 231 g/mol. The molecule has 1 rings (SSSR count). The van der Waals surface area contributed by atoms with E-state index >= 15 is 0 Å². The van der Waals surface area contributed by atoms with Crippen LogP contribution >= 0.6 is 0 Å². The second-order valence-corrected chi connectivity index (χ2v) is 3.21. The number of primary amides is 1. The fraction of sp³-hybridized carbons (Fsp3) is 0.0909. The lowest BCUT2D eigenvalue weighted by atomic mass is 10.1. The summed E-state index contributed by atoms with van der Waals surface area (Å²) in [6.07, 6.45) is 3.10. The van der Waals surface area contributed by atoms with Crippen LogP contribution in [0.1, 0.15) is 17.5 Å². The second kappa shape index (κ2) is 5.42. The number of nitrogens with two attached hydrogens (primary N) is 1. The van der Waals surface area contributed by atoms with Crippen LogP contribution in [0.25, 0.3) is 6.08 Å². The van der Waals surface area contributed by atoms with E-state index in [-0.39, 0.29) is 17.7 Å². The van der Waals surface area contributed by atoms with E-state index in [9.17, 15) is 14.9 Å². The Morgan fingerprint density at radius 3 is 2.82 bits per heavy atom. The highest BCUT2D eigenvalue weighted by molar-refractivity contribution is 5.76. The van der Waals surface area contributed by atoms with E-state index in [1.165, 1.54) is 30.4 Å². The van der Waals surface area contributed by atoms with Crippen LogP contribution in [0.2, 0.25) is 0 Å². The molecule has 6 nitrogen and oxygen atoms in total. The summed E-state index contributed by atoms with van der Waals surface area (Å²) >= 11 is 0. The monoisotopic (exact) mass is 231 g/mol. The third-order valence-corrected chi connectivity index (χ3v) is 1.98. The SMILES string of the molecule is N#Cc1cc([N+](=O)[O-])ccc1C=CCC(N)=O. The van der Waals surface area contributed by atoms with Crippen LogP contribution < -0.4 is 5.73 Å². The molecule has 2 N–H and O–H groups in total. The van der Waals surface area contributed by atoms with E-state index < -0.39 is 10.8 Å². The normalized spacial score (nSPS) is 10.1. The van der Waals surface area contributed by atoms with E-state index in [0.717, 1.165) is 0 Å². The lowest BCUT2D eigenvalue weighted by molar-refractivity contribution is -0.384. The number of carbonyl (C=O) groups excluding carboxylic acids is 1. The molecule has 0 aliphatic rings. The number of carbonyl (C=O) groups is 1. The highest BCUT2D eigenvalue weighted by Gasteiger charge is 2.08. The molecule has 1 aromatic carbocycles. The maximum atomic E-state index is 10.5. The maximum Gasteiger partial charge on any atom is 0.270 e. The zero-order valence-electron chi connectivity index (χ0n) is 8.79. The van der Waals surface area contributed by atoms with Crippen LogP contribution in [0.5, 0.6) is 0 Å². The van der Waals surface area contributed by atoms with Gasteiger partial charge in [-0.3, -0.25) is 14.9 Å². The van der Waals surface area contributed by atoms with Crippen molar-refractivity contribution in [3.05, 3.63) is 45.5 Å². The number of benzene rings is 1. The summed E-state index contributed by atoms with van der Waals surface area (Å²) < 4.78 is 0. The lowest BCUT2D eigenvalue weighted by Crippen LogP contribution is -2.07. The van der Waals surface area contributed by atoms with Gasteiger partial charge in [-0.15, -0.1) is 0 Å². The van der Waals surface area contributed by atoms with Gasteiger partial charge in [0.2, 0.25) is 5.91 Å². The molecular weight excluding hydrogens is 222 g/mol. The lowest BCUT2D eigenvalue weighted by Gasteiger charge is -1.97. The van der Waals surface area contributed by atoms with Gasteiger partial charge in [-0.1, -0.05) is 12.2 Å². The number of nitriles is 1. The van der Waals surface area contributed by atoms with Crippen molar-refractivity contribution in [3.63, 3.8) is 0 Å². The van der Waals surface area contributed by atoms with Crippen molar-refractivity contribution < 1.29 is 9.72 Å². The summed E-state index contributed by atoms with van der Waals surface area (Å²) in [6.45, 7) is 0. The van der Waals surface area contributed by atoms with E-state index in [2.05, 4.69) is 0 Å². The van der Waals surface area contributed by atoms with Crippen LogP contribution in [0.15, 0.2) is 24.3 Å². The molecular formula is C11H9N3O3. The Kier molecular flexibility index (Phi) is 3.95. The molecule has 0 fully saturated rings. The van der Waals surface area contributed by atoms with Gasteiger partial charge in [0, 0.05) is 18.6 Å². The summed E-state index contributed by atoms with van der Waals surface area (Å²) in [7, 11) is 0. The standard InChI is InChI=1S/C11H9N3O3/c12-7-9-6-10(14(16)17)5-4-8(9)2-1-3-11(13)15/h1-2,4-6H,3H2,(H2,13,15). The predicted octanol–water partition coefficient (Wildman–Crippen LogP) is 1.36. The summed E-state index contributed by atoms with van der Waals surface area (Å²) in [6, 6.07) is 5.79. The van der Waals surface area contributed by atoms with Crippen LogP contribution in [-0.2, 0) is 4.79 Å². The number of rotatable bonds is 4. The van der Waals surface area contributed by atoms with Gasteiger partial charge in [0.1, 0.15) is 6.07 Å². The van der Waals surface area contributed by atoms with Crippen molar-refractivity contribution in [3.8, 4) is 6.07 Å². The van der Waals surface area contributed by atoms with E-state index in [1.807, 2.05) is 6.07 Å². The topological polar surface area (TPSA) is 110 Å². The molecule has 0 heterocycles. The van der Waals surface area contributed by atoms with Crippen molar-refractivity contribution in [2.24, 2.45) is 5.73 Å². The predicted molar refractivity (Wildman–Crippen MR) is 60.7 cm³/mol. The largest absolute Gasteiger partial charge is 0.369 e. The smallest absolute Gasteiger partial charge is 0.270 e. The summed E-state index contributed by atoms with van der Waals surface area (Å²) in [4.78, 5) is 20.4. The van der Waals surface area contributed by atoms with Gasteiger partial charge in [-0.2, -0.15) is 5.26 Å². The number of hydrogen-bond acceptors (Lipinski definition) is 4. The second-order valence-electron chi connectivity index (χ2n) is 3.21. The zero-order valence-corrected chi connectivity index (χ0v) is 8.79. The summed E-state index contributed by atoms with van der Waals surface area (Å²) in [5.74, 6) is -0.485. The van der Waals surface area contributed by atoms with Gasteiger partial charge in [0.15, 0.2) is 0 Å². The van der Waals surface area contributed by atoms with Gasteiger partial charge in [-0.05, 0) is 11.6 Å². The number of non-ortho nitro benzene ring substituents is 1. The molecule has 1 aromatic rings. The summed E-state index contributed by atoms with van der Waals surface area (Å²) in [5, 5.41) is 19.3. The summed E-state index contributed by atoms with van der Waals surface area (Å²) in [5.41, 5.74) is 5.50. The first-order valence-corrected chi connectivity index (χ1v) is 4.68. The third-order valence-electron chi connectivity index (χ3n) is 1.98. The number of hydrogen-bond donors (Lipinski definition) is 1. The molecule has 86 valence electrons. The highest BCUT2D eigenvalue weighted by atomic mass is 16.6. The van der Waals surface area contributed by atoms with Crippen molar-refractivity contribution in [1.82, 2.24) is 0 Å². The molecule has 0 aliphatic heterocycles. The zero-order chi connectivity index (χ0) is 12.8. The van der Waals surface area contributed by atoms with Crippen LogP contribution in [0, 0.1) is 21.4 Å². The molecule has 0 spiro atoms.